The molecular formula is C40H41Cl2N7O. The van der Waals surface area contributed by atoms with E-state index in [1.54, 1.807) is 6.20 Å². The fraction of sp³-hybridized carbons (Fsp3) is 0.325. The summed E-state index contributed by atoms with van der Waals surface area (Å²) in [6.45, 7) is 4.26. The first-order chi connectivity index (χ1) is 24.4. The maximum atomic E-state index is 14.5. The van der Waals surface area contributed by atoms with Gasteiger partial charge in [-0.15, -0.1) is 0 Å². The van der Waals surface area contributed by atoms with Crippen LogP contribution in [0.4, 0.5) is 5.82 Å². The first-order valence-corrected chi connectivity index (χ1v) is 18.5. The standard InChI is InChI=1S/C40H41Cl2N7O/c1-26(27-12-14-29(41)15-13-27)48-25-43-37(28-8-4-2-5-9-28)39(48)36-33-17-16-30(42)24-34(33)45-38(36)40(50)46-35-18-21-44-49(35)32-19-22-47(23-20-32)31-10-6-3-7-11-31/h2,4-5,8-9,12-18,21,24-26,31-32,45H,3,6-7,10-11,19-20,22-23H2,1H3,(H,46,50). The average Bonchev–Trinajstić information content (AvgIpc) is 3.89. The fourth-order valence-corrected chi connectivity index (χ4v) is 8.32. The molecule has 2 N–H and O–H groups in total. The predicted molar refractivity (Wildman–Crippen MR) is 202 cm³/mol. The lowest BCUT2D eigenvalue weighted by molar-refractivity contribution is 0.101. The summed E-state index contributed by atoms with van der Waals surface area (Å²) in [6, 6.07) is 26.4. The number of aromatic amines is 1. The van der Waals surface area contributed by atoms with Crippen molar-refractivity contribution in [3.63, 3.8) is 0 Å². The van der Waals surface area contributed by atoms with E-state index in [9.17, 15) is 4.79 Å². The Morgan fingerprint density at radius 2 is 1.62 bits per heavy atom. The molecule has 8 nitrogen and oxygen atoms in total. The molecule has 1 atom stereocenters. The van der Waals surface area contributed by atoms with Gasteiger partial charge in [-0.05, 0) is 62.4 Å². The van der Waals surface area contributed by atoms with Crippen molar-refractivity contribution in [3.8, 4) is 22.5 Å². The summed E-state index contributed by atoms with van der Waals surface area (Å²) in [5.41, 5.74) is 5.61. The number of imidazole rings is 1. The number of halogens is 2. The van der Waals surface area contributed by atoms with Gasteiger partial charge in [0.25, 0.3) is 5.91 Å². The Morgan fingerprint density at radius 1 is 0.880 bits per heavy atom. The van der Waals surface area contributed by atoms with Crippen LogP contribution in [0.2, 0.25) is 10.0 Å². The van der Waals surface area contributed by atoms with Gasteiger partial charge >= 0.3 is 0 Å². The van der Waals surface area contributed by atoms with Gasteiger partial charge in [-0.25, -0.2) is 9.67 Å². The van der Waals surface area contributed by atoms with Gasteiger partial charge in [0.1, 0.15) is 11.5 Å². The third-order valence-electron chi connectivity index (χ3n) is 10.7. The van der Waals surface area contributed by atoms with Crippen LogP contribution in [-0.4, -0.2) is 54.3 Å². The molecule has 4 heterocycles. The van der Waals surface area contributed by atoms with E-state index in [0.29, 0.717) is 27.6 Å². The molecule has 256 valence electrons. The third kappa shape index (κ3) is 6.36. The Bertz CT molecular complexity index is 2100. The lowest BCUT2D eigenvalue weighted by atomic mass is 9.92. The van der Waals surface area contributed by atoms with E-state index in [4.69, 9.17) is 33.3 Å². The highest BCUT2D eigenvalue weighted by Gasteiger charge is 2.30. The molecule has 0 radical (unpaired) electrons. The van der Waals surface area contributed by atoms with Crippen LogP contribution < -0.4 is 5.32 Å². The molecule has 1 aliphatic carbocycles. The van der Waals surface area contributed by atoms with E-state index in [1.807, 2.05) is 89.9 Å². The minimum absolute atomic E-state index is 0.110. The van der Waals surface area contributed by atoms with E-state index in [0.717, 1.165) is 64.9 Å². The van der Waals surface area contributed by atoms with Crippen molar-refractivity contribution in [1.29, 1.82) is 0 Å². The van der Waals surface area contributed by atoms with Crippen LogP contribution in [0.3, 0.4) is 0 Å². The zero-order valence-corrected chi connectivity index (χ0v) is 29.7. The summed E-state index contributed by atoms with van der Waals surface area (Å²) in [5.74, 6) is 0.444. The zero-order valence-electron chi connectivity index (χ0n) is 28.2. The Morgan fingerprint density at radius 3 is 2.38 bits per heavy atom. The van der Waals surface area contributed by atoms with Crippen LogP contribution in [0.15, 0.2) is 91.4 Å². The van der Waals surface area contributed by atoms with Crippen molar-refractivity contribution in [1.82, 2.24) is 29.2 Å². The number of likely N-dealkylation sites (tertiary alicyclic amines) is 1. The van der Waals surface area contributed by atoms with Crippen molar-refractivity contribution >= 4 is 45.8 Å². The Labute approximate surface area is 302 Å². The summed E-state index contributed by atoms with van der Waals surface area (Å²) in [6.07, 6.45) is 12.4. The number of nitrogens with zero attached hydrogens (tertiary/aromatic N) is 5. The van der Waals surface area contributed by atoms with Crippen LogP contribution >= 0.6 is 23.2 Å². The van der Waals surface area contributed by atoms with Crippen molar-refractivity contribution in [2.45, 2.75) is 70.0 Å². The van der Waals surface area contributed by atoms with E-state index in [-0.39, 0.29) is 18.0 Å². The van der Waals surface area contributed by atoms with Gasteiger partial charge in [-0.1, -0.05) is 91.0 Å². The van der Waals surface area contributed by atoms with Gasteiger partial charge < -0.3 is 19.8 Å². The number of anilines is 1. The number of aromatic nitrogens is 5. The molecule has 1 aliphatic heterocycles. The molecule has 2 aliphatic rings. The number of rotatable bonds is 8. The lowest BCUT2D eigenvalue weighted by Crippen LogP contribution is -2.43. The minimum atomic E-state index is -0.250. The molecule has 6 aromatic rings. The summed E-state index contributed by atoms with van der Waals surface area (Å²) in [5, 5.41) is 10.1. The second kappa shape index (κ2) is 14.1. The van der Waals surface area contributed by atoms with Gasteiger partial charge in [0.05, 0.1) is 36.0 Å². The molecule has 8 rings (SSSR count). The minimum Gasteiger partial charge on any atom is -0.350 e. The third-order valence-corrected chi connectivity index (χ3v) is 11.2. The van der Waals surface area contributed by atoms with Crippen molar-refractivity contribution in [2.24, 2.45) is 0 Å². The van der Waals surface area contributed by atoms with Crippen LogP contribution in [0.25, 0.3) is 33.4 Å². The molecule has 2 fully saturated rings. The van der Waals surface area contributed by atoms with Crippen LogP contribution in [0.5, 0.6) is 0 Å². The van der Waals surface area contributed by atoms with Crippen LogP contribution in [-0.2, 0) is 0 Å². The Hall–Kier alpha value is -4.37. The Balaban J connectivity index is 1.17. The number of amides is 1. The van der Waals surface area contributed by atoms with Gasteiger partial charge in [0.2, 0.25) is 0 Å². The first kappa shape index (κ1) is 32.8. The maximum absolute atomic E-state index is 14.5. The van der Waals surface area contributed by atoms with Gasteiger partial charge in [0, 0.05) is 57.3 Å². The Kier molecular flexibility index (Phi) is 9.25. The van der Waals surface area contributed by atoms with Gasteiger partial charge in [-0.2, -0.15) is 5.10 Å². The molecular weight excluding hydrogens is 665 g/mol. The van der Waals surface area contributed by atoms with Gasteiger partial charge in [0.15, 0.2) is 0 Å². The van der Waals surface area contributed by atoms with Crippen molar-refractivity contribution in [2.75, 3.05) is 18.4 Å². The quantitative estimate of drug-likeness (QED) is 0.165. The molecule has 3 aromatic heterocycles. The predicted octanol–water partition coefficient (Wildman–Crippen LogP) is 10.0. The number of hydrogen-bond donors (Lipinski definition) is 2. The molecule has 0 bridgehead atoms. The number of nitrogens with one attached hydrogen (secondary N) is 2. The van der Waals surface area contributed by atoms with Crippen LogP contribution in [0, 0.1) is 0 Å². The molecule has 50 heavy (non-hydrogen) atoms. The number of carbonyl (C=O) groups excluding carboxylic acids is 1. The average molecular weight is 707 g/mol. The molecule has 1 amide bonds. The molecule has 0 spiro atoms. The topological polar surface area (TPSA) is 83.8 Å². The van der Waals surface area contributed by atoms with E-state index in [2.05, 4.69) is 26.7 Å². The summed E-state index contributed by atoms with van der Waals surface area (Å²) in [4.78, 5) is 25.6. The summed E-state index contributed by atoms with van der Waals surface area (Å²) >= 11 is 12.8. The number of fused-ring (bicyclic) bond motifs is 1. The zero-order chi connectivity index (χ0) is 34.2. The fourth-order valence-electron chi connectivity index (χ4n) is 8.02. The molecule has 1 saturated heterocycles. The highest BCUT2D eigenvalue weighted by Crippen LogP contribution is 2.42. The smallest absolute Gasteiger partial charge is 0.273 e. The lowest BCUT2D eigenvalue weighted by Gasteiger charge is -2.39. The van der Waals surface area contributed by atoms with E-state index in [1.165, 1.54) is 32.1 Å². The van der Waals surface area contributed by atoms with Crippen LogP contribution in [0.1, 0.15) is 80.0 Å². The van der Waals surface area contributed by atoms with E-state index >= 15 is 0 Å². The SMILES string of the molecule is CC(c1ccc(Cl)cc1)n1cnc(-c2ccccc2)c1-c1c(C(=O)Nc2ccnn2C2CCN(C3CCCCC3)CC2)[nH]c2cc(Cl)ccc12. The molecule has 1 unspecified atom stereocenters. The van der Waals surface area contributed by atoms with Crippen molar-refractivity contribution in [3.05, 3.63) is 113 Å². The number of H-pyrrole nitrogens is 1. The number of hydrogen-bond acceptors (Lipinski definition) is 4. The largest absolute Gasteiger partial charge is 0.350 e. The van der Waals surface area contributed by atoms with E-state index < -0.39 is 0 Å². The molecule has 1 saturated carbocycles. The summed E-state index contributed by atoms with van der Waals surface area (Å²) in [7, 11) is 0. The maximum Gasteiger partial charge on any atom is 0.273 e. The second-order valence-corrected chi connectivity index (χ2v) is 14.6. The normalized spacial score (nSPS) is 16.9. The highest BCUT2D eigenvalue weighted by atomic mass is 35.5. The van der Waals surface area contributed by atoms with Gasteiger partial charge in [-0.3, -0.25) is 4.79 Å². The summed E-state index contributed by atoms with van der Waals surface area (Å²) < 4.78 is 4.15. The molecule has 10 heteroatoms. The number of piperidine rings is 1. The second-order valence-electron chi connectivity index (χ2n) is 13.7. The monoisotopic (exact) mass is 705 g/mol. The number of benzene rings is 3. The number of carbonyl (C=O) groups is 1. The molecule has 3 aromatic carbocycles. The van der Waals surface area contributed by atoms with Crippen molar-refractivity contribution < 1.29 is 4.79 Å². The first-order valence-electron chi connectivity index (χ1n) is 17.7. The highest BCUT2D eigenvalue weighted by molar-refractivity contribution is 6.31.